The number of hydrogen-bond donors (Lipinski definition) is 2. The van der Waals surface area contributed by atoms with Crippen LogP contribution in [-0.2, 0) is 0 Å². The van der Waals surface area contributed by atoms with Crippen LogP contribution in [0, 0.1) is 0 Å². The summed E-state index contributed by atoms with van der Waals surface area (Å²) in [5.74, 6) is -0.566. The number of alkyl halides is 1. The first-order chi connectivity index (χ1) is 8.58. The molecule has 1 aromatic heterocycles. The number of halogens is 2. The van der Waals surface area contributed by atoms with E-state index in [4.69, 9.17) is 10.5 Å². The van der Waals surface area contributed by atoms with Crippen molar-refractivity contribution in [2.75, 3.05) is 13.1 Å². The van der Waals surface area contributed by atoms with E-state index in [-0.39, 0.29) is 18.0 Å². The smallest absolute Gasteiger partial charge is 0.254 e. The van der Waals surface area contributed by atoms with E-state index < -0.39 is 18.2 Å². The number of carbonyl (C=O) groups is 1. The van der Waals surface area contributed by atoms with Gasteiger partial charge in [-0.25, -0.2) is 9.37 Å². The zero-order chi connectivity index (χ0) is 13.1. The minimum atomic E-state index is -1.12. The van der Waals surface area contributed by atoms with Crippen molar-refractivity contribution in [2.45, 2.75) is 18.7 Å². The monoisotopic (exact) mass is 317 g/mol. The summed E-state index contributed by atoms with van der Waals surface area (Å²) in [5, 5.41) is 2.92. The molecule has 1 saturated heterocycles. The van der Waals surface area contributed by atoms with Crippen LogP contribution in [0.3, 0.4) is 0 Å². The van der Waals surface area contributed by atoms with Crippen LogP contribution in [0.2, 0.25) is 0 Å². The summed E-state index contributed by atoms with van der Waals surface area (Å²) in [4.78, 5) is 15.2. The van der Waals surface area contributed by atoms with Crippen LogP contribution in [-0.4, -0.2) is 36.3 Å². The fourth-order valence-corrected chi connectivity index (χ4v) is 2.10. The van der Waals surface area contributed by atoms with E-state index in [1.165, 1.54) is 12.3 Å². The predicted octanol–water partition coefficient (Wildman–Crippen LogP) is 1.02. The second-order valence-corrected chi connectivity index (χ2v) is 4.95. The summed E-state index contributed by atoms with van der Waals surface area (Å²) < 4.78 is 19.7. The van der Waals surface area contributed by atoms with E-state index in [1.807, 2.05) is 0 Å². The fraction of sp³-hybridized carbons (Fsp3) is 0.455. The van der Waals surface area contributed by atoms with Crippen LogP contribution in [0.15, 0.2) is 16.7 Å². The van der Waals surface area contributed by atoms with Crippen LogP contribution in [0.25, 0.3) is 0 Å². The van der Waals surface area contributed by atoms with Crippen molar-refractivity contribution in [1.82, 2.24) is 10.3 Å². The summed E-state index contributed by atoms with van der Waals surface area (Å²) in [5.41, 5.74) is 5.39. The van der Waals surface area contributed by atoms with E-state index in [1.54, 1.807) is 0 Å². The van der Waals surface area contributed by atoms with Gasteiger partial charge in [0.1, 0.15) is 17.8 Å². The van der Waals surface area contributed by atoms with Crippen molar-refractivity contribution in [3.63, 3.8) is 0 Å². The highest BCUT2D eigenvalue weighted by Crippen LogP contribution is 2.23. The van der Waals surface area contributed by atoms with Gasteiger partial charge in [-0.2, -0.15) is 0 Å². The van der Waals surface area contributed by atoms with Gasteiger partial charge >= 0.3 is 0 Å². The minimum Gasteiger partial charge on any atom is -0.471 e. The second kappa shape index (κ2) is 5.62. The Labute approximate surface area is 112 Å². The van der Waals surface area contributed by atoms with Gasteiger partial charge < -0.3 is 15.8 Å². The number of piperidine rings is 1. The molecule has 2 heterocycles. The molecule has 18 heavy (non-hydrogen) atoms. The lowest BCUT2D eigenvalue weighted by Crippen LogP contribution is -2.44. The molecule has 0 spiro atoms. The predicted molar refractivity (Wildman–Crippen MR) is 67.3 cm³/mol. The Hall–Kier alpha value is -1.21. The lowest BCUT2D eigenvalue weighted by molar-refractivity contribution is 0.0676. The van der Waals surface area contributed by atoms with Gasteiger partial charge in [0.05, 0.1) is 0 Å². The van der Waals surface area contributed by atoms with Crippen molar-refractivity contribution in [3.05, 3.63) is 22.3 Å². The Balaban J connectivity index is 2.20. The summed E-state index contributed by atoms with van der Waals surface area (Å²) in [6.07, 6.45) is 0.288. The van der Waals surface area contributed by atoms with Crippen LogP contribution < -0.4 is 15.8 Å². The number of amides is 1. The zero-order valence-electron chi connectivity index (χ0n) is 9.53. The number of aromatic nitrogens is 1. The van der Waals surface area contributed by atoms with Gasteiger partial charge in [0.15, 0.2) is 0 Å². The zero-order valence-corrected chi connectivity index (χ0v) is 11.1. The lowest BCUT2D eigenvalue weighted by Gasteiger charge is -2.27. The molecular formula is C11H13BrFN3O2. The van der Waals surface area contributed by atoms with E-state index in [0.717, 1.165) is 0 Å². The van der Waals surface area contributed by atoms with Crippen molar-refractivity contribution >= 4 is 21.8 Å². The molecule has 0 unspecified atom stereocenters. The standard InChI is InChI=1S/C11H13BrFN3O2/c12-6-3-7(10(14)17)11(16-4-6)18-9-1-2-15-5-8(9)13/h3-4,8-9,15H,1-2,5H2,(H2,14,17)/t8-,9-/m0/s1. The molecule has 3 N–H and O–H groups in total. The van der Waals surface area contributed by atoms with E-state index in [9.17, 15) is 9.18 Å². The molecule has 0 aliphatic carbocycles. The summed E-state index contributed by atoms with van der Waals surface area (Å²) in [7, 11) is 0. The van der Waals surface area contributed by atoms with Crippen molar-refractivity contribution in [2.24, 2.45) is 5.73 Å². The van der Waals surface area contributed by atoms with Gasteiger partial charge in [0.25, 0.3) is 5.91 Å². The first-order valence-electron chi connectivity index (χ1n) is 5.54. The molecule has 1 fully saturated rings. The molecule has 2 atom stereocenters. The van der Waals surface area contributed by atoms with Crippen LogP contribution >= 0.6 is 15.9 Å². The molecule has 0 radical (unpaired) electrons. The molecule has 98 valence electrons. The number of nitrogens with zero attached hydrogens (tertiary/aromatic N) is 1. The number of ether oxygens (including phenoxy) is 1. The summed E-state index contributed by atoms with van der Waals surface area (Å²) in [6.45, 7) is 0.917. The topological polar surface area (TPSA) is 77.2 Å². The Morgan fingerprint density at radius 2 is 2.44 bits per heavy atom. The van der Waals surface area contributed by atoms with E-state index in [0.29, 0.717) is 17.4 Å². The number of hydrogen-bond acceptors (Lipinski definition) is 4. The number of nitrogens with one attached hydrogen (secondary N) is 1. The van der Waals surface area contributed by atoms with E-state index in [2.05, 4.69) is 26.2 Å². The minimum absolute atomic E-state index is 0.0836. The summed E-state index contributed by atoms with van der Waals surface area (Å²) >= 11 is 3.19. The molecule has 0 bridgehead atoms. The molecular weight excluding hydrogens is 305 g/mol. The largest absolute Gasteiger partial charge is 0.471 e. The third-order valence-corrected chi connectivity index (χ3v) is 3.13. The maximum absolute atomic E-state index is 13.6. The van der Waals surface area contributed by atoms with Crippen LogP contribution in [0.5, 0.6) is 5.88 Å². The third kappa shape index (κ3) is 2.97. The number of pyridine rings is 1. The normalized spacial score (nSPS) is 23.7. The fourth-order valence-electron chi connectivity index (χ4n) is 1.77. The molecule has 5 nitrogen and oxygen atoms in total. The molecule has 1 aliphatic heterocycles. The molecule has 1 amide bonds. The van der Waals surface area contributed by atoms with Crippen LogP contribution in [0.4, 0.5) is 4.39 Å². The van der Waals surface area contributed by atoms with Gasteiger partial charge in [0, 0.05) is 17.2 Å². The Morgan fingerprint density at radius 3 is 3.11 bits per heavy atom. The maximum atomic E-state index is 13.6. The SMILES string of the molecule is NC(=O)c1cc(Br)cnc1O[C@H]1CCNC[C@@H]1F. The molecule has 0 saturated carbocycles. The van der Waals surface area contributed by atoms with Gasteiger partial charge in [-0.3, -0.25) is 4.79 Å². The second-order valence-electron chi connectivity index (χ2n) is 4.04. The highest BCUT2D eigenvalue weighted by atomic mass is 79.9. The Kier molecular flexibility index (Phi) is 4.13. The third-order valence-electron chi connectivity index (χ3n) is 2.69. The Morgan fingerprint density at radius 1 is 1.67 bits per heavy atom. The maximum Gasteiger partial charge on any atom is 0.254 e. The summed E-state index contributed by atoms with van der Waals surface area (Å²) in [6, 6.07) is 1.51. The first-order valence-corrected chi connectivity index (χ1v) is 6.34. The van der Waals surface area contributed by atoms with E-state index >= 15 is 0 Å². The molecule has 1 aromatic rings. The van der Waals surface area contributed by atoms with Gasteiger partial charge in [-0.05, 0) is 35.0 Å². The quantitative estimate of drug-likeness (QED) is 0.872. The highest BCUT2D eigenvalue weighted by molar-refractivity contribution is 9.10. The Bertz CT molecular complexity index is 458. The van der Waals surface area contributed by atoms with Gasteiger partial charge in [-0.15, -0.1) is 0 Å². The highest BCUT2D eigenvalue weighted by Gasteiger charge is 2.28. The number of nitrogens with two attached hydrogens (primary N) is 1. The molecule has 1 aliphatic rings. The average Bonchev–Trinajstić information content (AvgIpc) is 2.34. The number of carbonyl (C=O) groups excluding carboxylic acids is 1. The van der Waals surface area contributed by atoms with Crippen molar-refractivity contribution < 1.29 is 13.9 Å². The van der Waals surface area contributed by atoms with Crippen molar-refractivity contribution in [1.29, 1.82) is 0 Å². The molecule has 0 aromatic carbocycles. The number of primary amides is 1. The number of rotatable bonds is 3. The lowest BCUT2D eigenvalue weighted by atomic mass is 10.1. The first kappa shape index (κ1) is 13.2. The van der Waals surface area contributed by atoms with Crippen molar-refractivity contribution in [3.8, 4) is 5.88 Å². The van der Waals surface area contributed by atoms with Gasteiger partial charge in [0.2, 0.25) is 5.88 Å². The molecule has 2 rings (SSSR count). The van der Waals surface area contributed by atoms with Crippen LogP contribution in [0.1, 0.15) is 16.8 Å². The average molecular weight is 318 g/mol. The molecule has 7 heteroatoms. The van der Waals surface area contributed by atoms with Gasteiger partial charge in [-0.1, -0.05) is 0 Å².